The number of alkyl halides is 3. The Bertz CT molecular complexity index is 1900. The van der Waals surface area contributed by atoms with Crippen molar-refractivity contribution in [3.05, 3.63) is 104 Å². The van der Waals surface area contributed by atoms with E-state index in [1.54, 1.807) is 16.0 Å². The molecule has 0 saturated heterocycles. The van der Waals surface area contributed by atoms with Gasteiger partial charge in [0.1, 0.15) is 16.7 Å². The molecule has 0 aliphatic rings. The van der Waals surface area contributed by atoms with E-state index in [0.717, 1.165) is 4.90 Å². The Morgan fingerprint density at radius 3 is 0.732 bits per heavy atom. The van der Waals surface area contributed by atoms with Crippen LogP contribution in [0.4, 0.5) is 65.9 Å². The zero-order chi connectivity index (χ0) is 53.6. The minimum absolute atomic E-state index is 0. The second-order valence-corrected chi connectivity index (χ2v) is 17.3. The van der Waals surface area contributed by atoms with E-state index in [1.807, 2.05) is 0 Å². The molecule has 404 valence electrons. The van der Waals surface area contributed by atoms with E-state index in [0.29, 0.717) is 0 Å². The number of quaternary nitrogens is 1. The summed E-state index contributed by atoms with van der Waals surface area (Å²) in [6.45, 7) is 11.0. The van der Waals surface area contributed by atoms with E-state index in [2.05, 4.69) is 27.7 Å². The fraction of sp³-hybridized carbons (Fsp3) is 0.523. The highest BCUT2D eigenvalue weighted by Crippen LogP contribution is 2.26. The third kappa shape index (κ3) is 19.5. The standard InChI is InChI=1S/C27H15F15N4O3.C16H36N.CHCl3.ClH/c28-10-7(11(29)17(35)22(40)16(10)34)25(47)43-1-4-46(5-2-44-26(48)8-12(30)18(36)23(41)19(37)13(8)31)6-3-45-27(49)9-14(32)20(38)24(42)21(39)15(9)33;1-5-9-13-17(14-10-6-2,15-11-7-3)16-12-8-4;2-1(3)4;/h1-6H2,(H,43,47)(H,44,48)(H,45,49);5-16H2,1-4H3;1H;1H/q;+1;;/p-1. The molecule has 0 aliphatic carbocycles. The van der Waals surface area contributed by atoms with Gasteiger partial charge in [0.25, 0.3) is 17.7 Å². The average Bonchev–Trinajstić information content (AvgIpc) is 3.32. The van der Waals surface area contributed by atoms with Crippen LogP contribution in [-0.4, -0.2) is 96.8 Å². The van der Waals surface area contributed by atoms with Gasteiger partial charge in [0.05, 0.1) is 26.2 Å². The number of amides is 3. The summed E-state index contributed by atoms with van der Waals surface area (Å²) in [4.78, 5) is 37.6. The monoisotopic (exact) mass is 1120 g/mol. The van der Waals surface area contributed by atoms with Gasteiger partial charge >= 0.3 is 0 Å². The van der Waals surface area contributed by atoms with Crippen LogP contribution < -0.4 is 28.4 Å². The van der Waals surface area contributed by atoms with Crippen LogP contribution >= 0.6 is 34.8 Å². The molecule has 3 amide bonds. The predicted molar refractivity (Wildman–Crippen MR) is 233 cm³/mol. The molecule has 0 unspecified atom stereocenters. The zero-order valence-electron chi connectivity index (χ0n) is 38.6. The molecule has 0 saturated carbocycles. The third-order valence-electron chi connectivity index (χ3n) is 10.4. The van der Waals surface area contributed by atoms with Crippen molar-refractivity contribution >= 4 is 52.5 Å². The summed E-state index contributed by atoms with van der Waals surface area (Å²) in [6, 6.07) is 0. The van der Waals surface area contributed by atoms with Crippen LogP contribution in [0, 0.1) is 87.3 Å². The molecule has 3 rings (SSSR count). The van der Waals surface area contributed by atoms with Gasteiger partial charge in [0.2, 0.25) is 17.5 Å². The second-order valence-electron chi connectivity index (χ2n) is 15.3. The van der Waals surface area contributed by atoms with Gasteiger partial charge < -0.3 is 32.8 Å². The molecule has 0 aliphatic heterocycles. The first kappa shape index (κ1) is 67.1. The smallest absolute Gasteiger partial charge is 0.257 e. The first-order valence-electron chi connectivity index (χ1n) is 21.7. The van der Waals surface area contributed by atoms with Crippen LogP contribution in [0.15, 0.2) is 0 Å². The normalized spacial score (nSPS) is 11.2. The van der Waals surface area contributed by atoms with Crippen molar-refractivity contribution in [2.24, 2.45) is 0 Å². The topological polar surface area (TPSA) is 90.5 Å². The van der Waals surface area contributed by atoms with Crippen molar-refractivity contribution in [3.63, 3.8) is 0 Å². The van der Waals surface area contributed by atoms with Crippen LogP contribution in [0.25, 0.3) is 0 Å². The molecule has 0 aromatic heterocycles. The fourth-order valence-electron chi connectivity index (χ4n) is 6.64. The Balaban J connectivity index is 0.00000186. The van der Waals surface area contributed by atoms with Gasteiger partial charge in [-0.3, -0.25) is 19.3 Å². The summed E-state index contributed by atoms with van der Waals surface area (Å²) in [5.74, 6) is -43.0. The number of rotatable bonds is 24. The van der Waals surface area contributed by atoms with Crippen molar-refractivity contribution in [1.29, 1.82) is 0 Å². The average molecular weight is 1130 g/mol. The molecule has 3 aromatic carbocycles. The van der Waals surface area contributed by atoms with Crippen molar-refractivity contribution < 1.29 is 97.1 Å². The van der Waals surface area contributed by atoms with Crippen LogP contribution in [0.5, 0.6) is 0 Å². The Kier molecular flexibility index (Phi) is 31.2. The first-order chi connectivity index (χ1) is 32.8. The Morgan fingerprint density at radius 2 is 0.563 bits per heavy atom. The lowest BCUT2D eigenvalue weighted by Gasteiger charge is -2.39. The highest BCUT2D eigenvalue weighted by molar-refractivity contribution is 6.63. The minimum Gasteiger partial charge on any atom is -1.00 e. The lowest BCUT2D eigenvalue weighted by molar-refractivity contribution is -0.929. The van der Waals surface area contributed by atoms with Gasteiger partial charge in [0, 0.05) is 39.3 Å². The predicted octanol–water partition coefficient (Wildman–Crippen LogP) is 8.66. The zero-order valence-corrected chi connectivity index (χ0v) is 41.6. The van der Waals surface area contributed by atoms with Crippen LogP contribution in [0.3, 0.4) is 0 Å². The lowest BCUT2D eigenvalue weighted by Crippen LogP contribution is -3.00. The summed E-state index contributed by atoms with van der Waals surface area (Å²) in [5, 5.41) is 5.32. The second kappa shape index (κ2) is 33.0. The Hall–Kier alpha value is -3.90. The van der Waals surface area contributed by atoms with E-state index in [4.69, 9.17) is 34.8 Å². The number of halogens is 19. The number of hydrogen-bond donors (Lipinski definition) is 3. The lowest BCUT2D eigenvalue weighted by atomic mass is 10.1. The molecule has 0 spiro atoms. The molecule has 0 radical (unpaired) electrons. The van der Waals surface area contributed by atoms with E-state index in [1.165, 1.54) is 82.0 Å². The first-order valence-corrected chi connectivity index (χ1v) is 23.0. The Labute approximate surface area is 421 Å². The molecule has 0 bridgehead atoms. The van der Waals surface area contributed by atoms with Gasteiger partial charge in [-0.2, -0.15) is 0 Å². The summed E-state index contributed by atoms with van der Waals surface area (Å²) >= 11 is 14.4. The maximum Gasteiger partial charge on any atom is 0.257 e. The number of benzene rings is 3. The Morgan fingerprint density at radius 1 is 0.394 bits per heavy atom. The summed E-state index contributed by atoms with van der Waals surface area (Å²) in [5.41, 5.74) is -5.69. The van der Waals surface area contributed by atoms with E-state index in [9.17, 15) is 80.2 Å². The van der Waals surface area contributed by atoms with E-state index < -0.39 is 165 Å². The number of carbonyl (C=O) groups is 3. The maximum atomic E-state index is 13.9. The van der Waals surface area contributed by atoms with Gasteiger partial charge in [-0.05, 0) is 25.7 Å². The highest BCUT2D eigenvalue weighted by Gasteiger charge is 2.33. The highest BCUT2D eigenvalue weighted by atomic mass is 35.6. The van der Waals surface area contributed by atoms with Crippen molar-refractivity contribution in [1.82, 2.24) is 20.9 Å². The molecule has 3 N–H and O–H groups in total. The van der Waals surface area contributed by atoms with Crippen molar-refractivity contribution in [2.75, 3.05) is 65.4 Å². The summed E-state index contributed by atoms with van der Waals surface area (Å²) < 4.78 is 205. The molecule has 0 atom stereocenters. The number of nitrogens with zero attached hydrogens (tertiary/aromatic N) is 2. The van der Waals surface area contributed by atoms with Crippen molar-refractivity contribution in [3.8, 4) is 0 Å². The van der Waals surface area contributed by atoms with E-state index >= 15 is 0 Å². The number of nitrogens with one attached hydrogen (secondary N) is 3. The number of hydrogen-bond acceptors (Lipinski definition) is 4. The molecule has 3 aromatic rings. The molecule has 71 heavy (non-hydrogen) atoms. The van der Waals surface area contributed by atoms with Gasteiger partial charge in [0.15, 0.2) is 74.1 Å². The summed E-state index contributed by atoms with van der Waals surface area (Å²) in [7, 11) is 0. The van der Waals surface area contributed by atoms with Gasteiger partial charge in [-0.25, -0.2) is 65.9 Å². The third-order valence-corrected chi connectivity index (χ3v) is 10.4. The molecular weight excluding hydrogens is 1070 g/mol. The fourth-order valence-corrected chi connectivity index (χ4v) is 6.64. The minimum atomic E-state index is -2.57. The molecular formula is C44H52Cl4F15N5O3. The molecule has 0 fully saturated rings. The van der Waals surface area contributed by atoms with Crippen LogP contribution in [0.1, 0.15) is 110 Å². The van der Waals surface area contributed by atoms with Crippen molar-refractivity contribution in [2.45, 2.75) is 83.4 Å². The van der Waals surface area contributed by atoms with Crippen LogP contribution in [0.2, 0.25) is 0 Å². The van der Waals surface area contributed by atoms with Crippen LogP contribution in [-0.2, 0) is 0 Å². The van der Waals surface area contributed by atoms with Gasteiger partial charge in [-0.15, -0.1) is 0 Å². The van der Waals surface area contributed by atoms with E-state index in [-0.39, 0.29) is 12.4 Å². The molecule has 27 heteroatoms. The summed E-state index contributed by atoms with van der Waals surface area (Å²) in [6.07, 6.45) is 11.1. The SMILES string of the molecule is CCCC[N+](CCCC)(CCCC)CCCC.ClC(Cl)Cl.O=C(NCCN(CCNC(=O)c1c(F)c(F)c(F)c(F)c1F)CCNC(=O)c1c(F)c(F)c(F)c(F)c1F)c1c(F)c(F)c(F)c(F)c1F.[Cl-]. The van der Waals surface area contributed by atoms with Gasteiger partial charge in [-0.1, -0.05) is 88.2 Å². The molecule has 8 nitrogen and oxygen atoms in total. The quantitative estimate of drug-likeness (QED) is 0.0276. The number of carbonyl (C=O) groups excluding carboxylic acids is 3. The number of unbranched alkanes of at least 4 members (excludes halogenated alkanes) is 4. The maximum absolute atomic E-state index is 13.9. The largest absolute Gasteiger partial charge is 1.00 e. The molecule has 0 heterocycles.